The van der Waals surface area contributed by atoms with Gasteiger partial charge in [-0.25, -0.2) is 13.9 Å². The summed E-state index contributed by atoms with van der Waals surface area (Å²) in [6.45, 7) is 5.84. The van der Waals surface area contributed by atoms with Gasteiger partial charge in [0.1, 0.15) is 11.9 Å². The summed E-state index contributed by atoms with van der Waals surface area (Å²) in [7, 11) is 2.04. The van der Waals surface area contributed by atoms with Gasteiger partial charge in [-0.3, -0.25) is 4.90 Å². The minimum atomic E-state index is -0.718. The predicted molar refractivity (Wildman–Crippen MR) is 133 cm³/mol. The van der Waals surface area contributed by atoms with Crippen LogP contribution in [-0.4, -0.2) is 102 Å². The van der Waals surface area contributed by atoms with Gasteiger partial charge < -0.3 is 29.1 Å². The number of halogens is 1. The molecule has 202 valence electrons. The van der Waals surface area contributed by atoms with Crippen LogP contribution in [0.1, 0.15) is 25.5 Å². The minimum Gasteiger partial charge on any atom is -0.442 e. The molecule has 11 nitrogen and oxygen atoms in total. The number of benzene rings is 1. The molecule has 0 radical (unpaired) electrons. The number of nitrogens with zero attached hydrogens (tertiary/aromatic N) is 6. The van der Waals surface area contributed by atoms with E-state index in [1.165, 1.54) is 11.0 Å². The van der Waals surface area contributed by atoms with Crippen LogP contribution in [0.2, 0.25) is 0 Å². The van der Waals surface area contributed by atoms with Crippen LogP contribution in [0.4, 0.5) is 20.6 Å². The van der Waals surface area contributed by atoms with Gasteiger partial charge in [0.25, 0.3) is 0 Å². The normalized spacial score (nSPS) is 26.7. The fourth-order valence-corrected chi connectivity index (χ4v) is 5.23. The van der Waals surface area contributed by atoms with Crippen LogP contribution < -0.4 is 9.80 Å². The van der Waals surface area contributed by atoms with Gasteiger partial charge in [0.2, 0.25) is 0 Å². The number of rotatable bonds is 8. The molecule has 1 amide bonds. The van der Waals surface area contributed by atoms with Crippen molar-refractivity contribution >= 4 is 17.5 Å². The topological polar surface area (TPSA) is 105 Å². The van der Waals surface area contributed by atoms with Crippen molar-refractivity contribution in [3.8, 4) is 0 Å². The van der Waals surface area contributed by atoms with Crippen molar-refractivity contribution in [1.29, 1.82) is 0 Å². The van der Waals surface area contributed by atoms with E-state index < -0.39 is 18.5 Å². The van der Waals surface area contributed by atoms with Gasteiger partial charge in [-0.15, -0.1) is 5.10 Å². The molecule has 4 atom stereocenters. The summed E-state index contributed by atoms with van der Waals surface area (Å²) in [4.78, 5) is 18.1. The molecule has 0 saturated carbocycles. The molecule has 1 aromatic carbocycles. The number of cyclic esters (lactones) is 1. The molecule has 12 heteroatoms. The number of hydrogen-bond donors (Lipinski definition) is 1. The Morgan fingerprint density at radius 3 is 2.81 bits per heavy atom. The fourth-order valence-electron chi connectivity index (χ4n) is 5.23. The number of ether oxygens (including phenoxy) is 3. The standard InChI is InChI=1S/C25H35FN6O5/c1-17-11-20(13-24(33)36-17)29(2)6-5-18-14-31(28-27-18)15-21-16-32(25(34)37-21)19-3-4-23(22(26)12-19)30-7-9-35-10-8-30/h3-4,12,14,17,20-21,24,33H,5-11,13,15-16H2,1-2H3. The highest BCUT2D eigenvalue weighted by Gasteiger charge is 2.34. The van der Waals surface area contributed by atoms with Crippen molar-refractivity contribution in [2.24, 2.45) is 0 Å². The molecule has 3 aliphatic rings. The number of likely N-dealkylation sites (N-methyl/N-ethyl adjacent to an activating group) is 1. The molecule has 37 heavy (non-hydrogen) atoms. The number of carbonyl (C=O) groups excluding carboxylic acids is 1. The molecule has 4 unspecified atom stereocenters. The van der Waals surface area contributed by atoms with Gasteiger partial charge in [-0.05, 0) is 38.6 Å². The Labute approximate surface area is 215 Å². The van der Waals surface area contributed by atoms with Crippen molar-refractivity contribution in [2.45, 2.75) is 57.3 Å². The third-order valence-electron chi connectivity index (χ3n) is 7.26. The molecule has 3 fully saturated rings. The monoisotopic (exact) mass is 518 g/mol. The fraction of sp³-hybridized carbons (Fsp3) is 0.640. The van der Waals surface area contributed by atoms with Crippen molar-refractivity contribution in [1.82, 2.24) is 19.9 Å². The molecule has 0 aliphatic carbocycles. The third kappa shape index (κ3) is 6.20. The van der Waals surface area contributed by atoms with Gasteiger partial charge >= 0.3 is 6.09 Å². The van der Waals surface area contributed by atoms with Gasteiger partial charge in [0.05, 0.1) is 49.5 Å². The Morgan fingerprint density at radius 1 is 1.24 bits per heavy atom. The second kappa shape index (κ2) is 11.3. The first-order chi connectivity index (χ1) is 17.9. The average Bonchev–Trinajstić information content (AvgIpc) is 3.48. The largest absolute Gasteiger partial charge is 0.442 e. The lowest BCUT2D eigenvalue weighted by Crippen LogP contribution is -2.43. The number of aromatic nitrogens is 3. The van der Waals surface area contributed by atoms with Gasteiger partial charge in [-0.2, -0.15) is 0 Å². The lowest BCUT2D eigenvalue weighted by molar-refractivity contribution is -0.173. The van der Waals surface area contributed by atoms with E-state index >= 15 is 0 Å². The number of amides is 1. The average molecular weight is 519 g/mol. The van der Waals surface area contributed by atoms with Crippen LogP contribution in [0.15, 0.2) is 24.4 Å². The van der Waals surface area contributed by atoms with Crippen molar-refractivity contribution in [2.75, 3.05) is 56.2 Å². The molecule has 5 rings (SSSR count). The van der Waals surface area contributed by atoms with E-state index in [0.29, 0.717) is 63.6 Å². The Kier molecular flexibility index (Phi) is 7.89. The van der Waals surface area contributed by atoms with Crippen LogP contribution in [0.25, 0.3) is 0 Å². The molecular formula is C25H35FN6O5. The Bertz CT molecular complexity index is 1070. The van der Waals surface area contributed by atoms with Gasteiger partial charge in [0.15, 0.2) is 6.29 Å². The molecule has 3 aliphatic heterocycles. The number of aliphatic hydroxyl groups excluding tert-OH is 1. The summed E-state index contributed by atoms with van der Waals surface area (Å²) in [5, 5.41) is 18.3. The molecular weight excluding hydrogens is 483 g/mol. The van der Waals surface area contributed by atoms with E-state index in [1.54, 1.807) is 16.8 Å². The van der Waals surface area contributed by atoms with Crippen LogP contribution in [0, 0.1) is 5.82 Å². The van der Waals surface area contributed by atoms with E-state index in [0.717, 1.165) is 18.7 Å². The van der Waals surface area contributed by atoms with Crippen LogP contribution in [0.5, 0.6) is 0 Å². The van der Waals surface area contributed by atoms with E-state index in [9.17, 15) is 14.3 Å². The summed E-state index contributed by atoms with van der Waals surface area (Å²) < 4.78 is 32.8. The second-order valence-electron chi connectivity index (χ2n) is 10.0. The molecule has 1 N–H and O–H groups in total. The van der Waals surface area contributed by atoms with Gasteiger partial charge in [0, 0.05) is 44.7 Å². The highest BCUT2D eigenvalue weighted by Crippen LogP contribution is 2.29. The molecule has 1 aromatic heterocycles. The highest BCUT2D eigenvalue weighted by molar-refractivity contribution is 5.90. The zero-order valence-corrected chi connectivity index (χ0v) is 21.3. The van der Waals surface area contributed by atoms with Crippen molar-refractivity contribution in [3.05, 3.63) is 35.9 Å². The number of aliphatic hydroxyl groups is 1. The molecule has 2 aromatic rings. The molecule has 3 saturated heterocycles. The number of morpholine rings is 1. The number of carbonyl (C=O) groups is 1. The van der Waals surface area contributed by atoms with E-state index in [1.807, 2.05) is 25.1 Å². The van der Waals surface area contributed by atoms with Crippen LogP contribution in [0.3, 0.4) is 0 Å². The first-order valence-electron chi connectivity index (χ1n) is 12.9. The SMILES string of the molecule is CC1CC(N(C)CCc2cn(CC3CN(c4ccc(N5CCOCC5)c(F)c4)C(=O)O3)nn2)CC(O)O1. The van der Waals surface area contributed by atoms with Crippen LogP contribution >= 0.6 is 0 Å². The molecule has 0 bridgehead atoms. The third-order valence-corrected chi connectivity index (χ3v) is 7.26. The quantitative estimate of drug-likeness (QED) is 0.558. The maximum atomic E-state index is 14.8. The number of anilines is 2. The summed E-state index contributed by atoms with van der Waals surface area (Å²) in [6.07, 6.45) is 2.44. The highest BCUT2D eigenvalue weighted by atomic mass is 19.1. The number of hydrogen-bond acceptors (Lipinski definition) is 9. The van der Waals surface area contributed by atoms with E-state index in [2.05, 4.69) is 15.2 Å². The zero-order valence-electron chi connectivity index (χ0n) is 21.3. The lowest BCUT2D eigenvalue weighted by atomic mass is 10.0. The first kappa shape index (κ1) is 25.8. The maximum Gasteiger partial charge on any atom is 0.414 e. The Hall–Kier alpha value is -2.80. The summed E-state index contributed by atoms with van der Waals surface area (Å²) in [5.74, 6) is -0.369. The maximum absolute atomic E-state index is 14.8. The predicted octanol–water partition coefficient (Wildman–Crippen LogP) is 1.64. The second-order valence-corrected chi connectivity index (χ2v) is 10.0. The lowest BCUT2D eigenvalue weighted by Gasteiger charge is -2.36. The molecule has 4 heterocycles. The summed E-state index contributed by atoms with van der Waals surface area (Å²) in [5.41, 5.74) is 1.82. The van der Waals surface area contributed by atoms with Crippen molar-refractivity contribution in [3.63, 3.8) is 0 Å². The summed E-state index contributed by atoms with van der Waals surface area (Å²) in [6, 6.07) is 5.10. The summed E-state index contributed by atoms with van der Waals surface area (Å²) >= 11 is 0. The smallest absolute Gasteiger partial charge is 0.414 e. The molecule has 0 spiro atoms. The minimum absolute atomic E-state index is 0.0324. The zero-order chi connectivity index (χ0) is 25.9. The first-order valence-corrected chi connectivity index (χ1v) is 12.9. The van der Waals surface area contributed by atoms with Crippen LogP contribution in [-0.2, 0) is 27.2 Å². The Balaban J connectivity index is 1.13. The Morgan fingerprint density at radius 2 is 2.05 bits per heavy atom. The van der Waals surface area contributed by atoms with E-state index in [-0.39, 0.29) is 18.0 Å². The van der Waals surface area contributed by atoms with Gasteiger partial charge in [-0.1, -0.05) is 5.21 Å². The van der Waals surface area contributed by atoms with E-state index in [4.69, 9.17) is 14.2 Å². The van der Waals surface area contributed by atoms with Crippen molar-refractivity contribution < 1.29 is 28.5 Å².